The molecule has 0 saturated carbocycles. The number of non-ortho nitro benzene ring substituents is 1. The minimum atomic E-state index is -0.460. The van der Waals surface area contributed by atoms with Crippen LogP contribution in [0.5, 0.6) is 5.75 Å². The lowest BCUT2D eigenvalue weighted by Crippen LogP contribution is -2.17. The maximum Gasteiger partial charge on any atom is 0.273 e. The third-order valence-electron chi connectivity index (χ3n) is 5.47. The summed E-state index contributed by atoms with van der Waals surface area (Å²) in [5.74, 6) is 0.0851. The number of hydrazone groups is 1. The van der Waals surface area contributed by atoms with Gasteiger partial charge in [0.2, 0.25) is 0 Å². The second kappa shape index (κ2) is 8.96. The lowest BCUT2D eigenvalue weighted by atomic mass is 10.1. The number of nitrogens with one attached hydrogen (secondary N) is 1. The molecule has 1 heterocycles. The number of rotatable bonds is 6. The van der Waals surface area contributed by atoms with Crippen molar-refractivity contribution in [1.29, 1.82) is 0 Å². The van der Waals surface area contributed by atoms with E-state index < -0.39 is 4.92 Å². The SMILES string of the molecule is COc1cc([N+](=O)[O-])ccc1-n1c(C)cc(/C=N/NC(=O)c2ccc3ccccc3c2)c1C. The number of amides is 1. The van der Waals surface area contributed by atoms with Crippen molar-refractivity contribution in [2.45, 2.75) is 13.8 Å². The van der Waals surface area contributed by atoms with Gasteiger partial charge in [-0.15, -0.1) is 0 Å². The zero-order valence-electron chi connectivity index (χ0n) is 18.4. The van der Waals surface area contributed by atoms with Gasteiger partial charge in [0.05, 0.1) is 30.0 Å². The van der Waals surface area contributed by atoms with E-state index in [1.165, 1.54) is 19.2 Å². The molecule has 0 atom stereocenters. The van der Waals surface area contributed by atoms with Crippen molar-refractivity contribution >= 4 is 28.6 Å². The zero-order valence-corrected chi connectivity index (χ0v) is 18.4. The fourth-order valence-corrected chi connectivity index (χ4v) is 3.81. The van der Waals surface area contributed by atoms with E-state index in [1.807, 2.05) is 60.9 Å². The number of aryl methyl sites for hydroxylation is 1. The number of aromatic nitrogens is 1. The van der Waals surface area contributed by atoms with Crippen molar-refractivity contribution in [3.63, 3.8) is 0 Å². The van der Waals surface area contributed by atoms with E-state index in [-0.39, 0.29) is 11.6 Å². The lowest BCUT2D eigenvalue weighted by molar-refractivity contribution is -0.384. The molecular weight excluding hydrogens is 420 g/mol. The number of methoxy groups -OCH3 is 1. The Kier molecular flexibility index (Phi) is 5.91. The molecule has 0 bridgehead atoms. The Hall–Kier alpha value is -4.46. The normalized spacial score (nSPS) is 11.1. The van der Waals surface area contributed by atoms with Crippen molar-refractivity contribution in [2.24, 2.45) is 5.10 Å². The van der Waals surface area contributed by atoms with Crippen LogP contribution in [0.25, 0.3) is 16.5 Å². The van der Waals surface area contributed by atoms with Crippen LogP contribution in [0.3, 0.4) is 0 Å². The minimum Gasteiger partial charge on any atom is -0.494 e. The summed E-state index contributed by atoms with van der Waals surface area (Å²) in [6.45, 7) is 3.82. The Balaban J connectivity index is 1.57. The summed E-state index contributed by atoms with van der Waals surface area (Å²) < 4.78 is 7.31. The molecule has 0 spiro atoms. The van der Waals surface area contributed by atoms with Gasteiger partial charge in [-0.2, -0.15) is 5.10 Å². The lowest BCUT2D eigenvalue weighted by Gasteiger charge is -2.13. The van der Waals surface area contributed by atoms with Crippen LogP contribution in [-0.4, -0.2) is 28.7 Å². The summed E-state index contributed by atoms with van der Waals surface area (Å²) in [5.41, 5.74) is 6.26. The Morgan fingerprint density at radius 3 is 2.55 bits per heavy atom. The third-order valence-corrected chi connectivity index (χ3v) is 5.47. The molecule has 8 heteroatoms. The molecule has 8 nitrogen and oxygen atoms in total. The average molecular weight is 442 g/mol. The number of carbonyl (C=O) groups excluding carboxylic acids is 1. The maximum absolute atomic E-state index is 12.5. The van der Waals surface area contributed by atoms with Crippen molar-refractivity contribution in [3.05, 3.63) is 99.4 Å². The predicted octanol–water partition coefficient (Wildman–Crippen LogP) is 4.93. The summed E-state index contributed by atoms with van der Waals surface area (Å²) >= 11 is 0. The van der Waals surface area contributed by atoms with Crippen molar-refractivity contribution in [3.8, 4) is 11.4 Å². The van der Waals surface area contributed by atoms with Crippen LogP contribution >= 0.6 is 0 Å². The first-order valence-corrected chi connectivity index (χ1v) is 10.2. The van der Waals surface area contributed by atoms with E-state index in [0.29, 0.717) is 17.0 Å². The van der Waals surface area contributed by atoms with Gasteiger partial charge in [-0.05, 0) is 48.9 Å². The van der Waals surface area contributed by atoms with Crippen LogP contribution in [0.1, 0.15) is 27.3 Å². The monoisotopic (exact) mass is 442 g/mol. The number of nitrogens with zero attached hydrogens (tertiary/aromatic N) is 3. The molecule has 0 unspecified atom stereocenters. The van der Waals surface area contributed by atoms with Crippen molar-refractivity contribution in [1.82, 2.24) is 9.99 Å². The molecule has 1 aromatic heterocycles. The molecule has 0 aliphatic rings. The van der Waals surface area contributed by atoms with Crippen LogP contribution < -0.4 is 10.2 Å². The van der Waals surface area contributed by atoms with E-state index >= 15 is 0 Å². The van der Waals surface area contributed by atoms with Gasteiger partial charge in [0.15, 0.2) is 0 Å². The van der Waals surface area contributed by atoms with Crippen molar-refractivity contribution in [2.75, 3.05) is 7.11 Å². The van der Waals surface area contributed by atoms with Gasteiger partial charge < -0.3 is 9.30 Å². The van der Waals surface area contributed by atoms with Gasteiger partial charge in [0.25, 0.3) is 11.6 Å². The first-order valence-electron chi connectivity index (χ1n) is 10.2. The Bertz CT molecular complexity index is 1410. The van der Waals surface area contributed by atoms with Gasteiger partial charge >= 0.3 is 0 Å². The second-order valence-corrected chi connectivity index (χ2v) is 7.54. The molecular formula is C25H22N4O4. The van der Waals surface area contributed by atoms with Crippen LogP contribution in [0, 0.1) is 24.0 Å². The number of hydrogen-bond donors (Lipinski definition) is 1. The summed E-state index contributed by atoms with van der Waals surface area (Å²) in [6.07, 6.45) is 1.58. The van der Waals surface area contributed by atoms with Gasteiger partial charge in [-0.1, -0.05) is 30.3 Å². The standard InChI is InChI=1S/C25H22N4O4/c1-16-12-21(17(2)28(16)23-11-10-22(29(31)32)14-24(23)33-3)15-26-27-25(30)20-9-8-18-6-4-5-7-19(18)13-20/h4-15H,1-3H3,(H,27,30)/b26-15+. The molecule has 3 aromatic carbocycles. The molecule has 4 rings (SSSR count). The number of nitro benzene ring substituents is 1. The van der Waals surface area contributed by atoms with Crippen LogP contribution in [0.15, 0.2) is 71.8 Å². The Morgan fingerprint density at radius 1 is 1.06 bits per heavy atom. The molecule has 0 radical (unpaired) electrons. The number of ether oxygens (including phenoxy) is 1. The minimum absolute atomic E-state index is 0.0451. The molecule has 0 fully saturated rings. The molecule has 166 valence electrons. The quantitative estimate of drug-likeness (QED) is 0.260. The second-order valence-electron chi connectivity index (χ2n) is 7.54. The van der Waals surface area contributed by atoms with Crippen LogP contribution in [0.2, 0.25) is 0 Å². The number of carbonyl (C=O) groups is 1. The average Bonchev–Trinajstić information content (AvgIpc) is 3.10. The number of hydrogen-bond acceptors (Lipinski definition) is 5. The summed E-state index contributed by atoms with van der Waals surface area (Å²) in [4.78, 5) is 23.2. The van der Waals surface area contributed by atoms with Gasteiger partial charge in [0, 0.05) is 28.6 Å². The van der Waals surface area contributed by atoms with Gasteiger partial charge in [0.1, 0.15) is 5.75 Å². The number of benzene rings is 3. The highest BCUT2D eigenvalue weighted by molar-refractivity contribution is 5.99. The number of fused-ring (bicyclic) bond motifs is 1. The maximum atomic E-state index is 12.5. The highest BCUT2D eigenvalue weighted by Gasteiger charge is 2.17. The van der Waals surface area contributed by atoms with Gasteiger partial charge in [-0.25, -0.2) is 5.43 Å². The molecule has 0 aliphatic heterocycles. The van der Waals surface area contributed by atoms with E-state index in [4.69, 9.17) is 4.74 Å². The first-order chi connectivity index (χ1) is 15.9. The third kappa shape index (κ3) is 4.31. The predicted molar refractivity (Wildman–Crippen MR) is 127 cm³/mol. The molecule has 1 N–H and O–H groups in total. The molecule has 33 heavy (non-hydrogen) atoms. The molecule has 0 saturated heterocycles. The molecule has 4 aromatic rings. The van der Waals surface area contributed by atoms with Crippen LogP contribution in [0.4, 0.5) is 5.69 Å². The highest BCUT2D eigenvalue weighted by atomic mass is 16.6. The highest BCUT2D eigenvalue weighted by Crippen LogP contribution is 2.31. The zero-order chi connectivity index (χ0) is 23.5. The fraction of sp³-hybridized carbons (Fsp3) is 0.120. The Morgan fingerprint density at radius 2 is 1.82 bits per heavy atom. The van der Waals surface area contributed by atoms with E-state index in [1.54, 1.807) is 18.3 Å². The first kappa shape index (κ1) is 21.8. The van der Waals surface area contributed by atoms with Crippen molar-refractivity contribution < 1.29 is 14.5 Å². The molecule has 1 amide bonds. The summed E-state index contributed by atoms with van der Waals surface area (Å²) in [5, 5.41) is 17.3. The summed E-state index contributed by atoms with van der Waals surface area (Å²) in [6, 6.07) is 19.7. The molecule has 0 aliphatic carbocycles. The van der Waals surface area contributed by atoms with E-state index in [9.17, 15) is 14.9 Å². The largest absolute Gasteiger partial charge is 0.494 e. The smallest absolute Gasteiger partial charge is 0.273 e. The topological polar surface area (TPSA) is 98.8 Å². The fourth-order valence-electron chi connectivity index (χ4n) is 3.81. The van der Waals surface area contributed by atoms with Crippen LogP contribution in [-0.2, 0) is 0 Å². The Labute approximate surface area is 190 Å². The van der Waals surface area contributed by atoms with E-state index in [0.717, 1.165) is 27.7 Å². The summed E-state index contributed by atoms with van der Waals surface area (Å²) in [7, 11) is 1.47. The number of nitro groups is 1. The van der Waals surface area contributed by atoms with Gasteiger partial charge in [-0.3, -0.25) is 14.9 Å². The van der Waals surface area contributed by atoms with E-state index in [2.05, 4.69) is 10.5 Å².